The average molecular weight is 292 g/mol. The van der Waals surface area contributed by atoms with Gasteiger partial charge in [0, 0.05) is 29.8 Å². The van der Waals surface area contributed by atoms with Crippen LogP contribution in [-0.2, 0) is 0 Å². The van der Waals surface area contributed by atoms with Crippen molar-refractivity contribution >= 4 is 11.8 Å². The van der Waals surface area contributed by atoms with E-state index in [1.54, 1.807) is 0 Å². The van der Waals surface area contributed by atoms with Crippen molar-refractivity contribution in [1.82, 2.24) is 10.2 Å². The molecule has 1 aliphatic heterocycles. The Bertz CT molecular complexity index is 371. The van der Waals surface area contributed by atoms with Gasteiger partial charge in [-0.25, -0.2) is 0 Å². The van der Waals surface area contributed by atoms with Gasteiger partial charge in [-0.1, -0.05) is 31.0 Å². The second kappa shape index (κ2) is 8.71. The van der Waals surface area contributed by atoms with Crippen LogP contribution in [0.5, 0.6) is 0 Å². The molecule has 1 aromatic carbocycles. The maximum Gasteiger partial charge on any atom is 0.0195 e. The molecule has 1 N–H and O–H groups in total. The Morgan fingerprint density at radius 3 is 2.70 bits per heavy atom. The number of rotatable bonds is 7. The number of nitrogens with zero attached hydrogens (tertiary/aromatic N) is 1. The van der Waals surface area contributed by atoms with Crippen molar-refractivity contribution in [1.29, 1.82) is 0 Å². The summed E-state index contributed by atoms with van der Waals surface area (Å²) in [6.45, 7) is 9.19. The van der Waals surface area contributed by atoms with E-state index in [9.17, 15) is 0 Å². The van der Waals surface area contributed by atoms with Crippen molar-refractivity contribution in [2.45, 2.75) is 44.0 Å². The summed E-state index contributed by atoms with van der Waals surface area (Å²) in [6.07, 6.45) is 4.10. The number of nitrogens with one attached hydrogen (secondary N) is 1. The van der Waals surface area contributed by atoms with Crippen molar-refractivity contribution in [3.8, 4) is 0 Å². The molecule has 0 bridgehead atoms. The lowest BCUT2D eigenvalue weighted by Crippen LogP contribution is -2.44. The summed E-state index contributed by atoms with van der Waals surface area (Å²) in [5, 5.41) is 3.65. The largest absolute Gasteiger partial charge is 0.313 e. The molecule has 0 saturated carbocycles. The SMILES string of the molecule is CCN(CCSc1ccc(C)cc1)CC1CCCCN1. The molecule has 0 radical (unpaired) electrons. The second-order valence-electron chi connectivity index (χ2n) is 5.70. The van der Waals surface area contributed by atoms with Crippen LogP contribution in [0.3, 0.4) is 0 Å². The first-order valence-corrected chi connectivity index (χ1v) is 8.91. The first kappa shape index (κ1) is 15.9. The van der Waals surface area contributed by atoms with Crippen molar-refractivity contribution in [2.24, 2.45) is 0 Å². The lowest BCUT2D eigenvalue weighted by molar-refractivity contribution is 0.244. The number of hydrogen-bond donors (Lipinski definition) is 1. The molecule has 1 aromatic rings. The minimum absolute atomic E-state index is 0.716. The molecule has 0 amide bonds. The zero-order valence-corrected chi connectivity index (χ0v) is 13.7. The van der Waals surface area contributed by atoms with E-state index in [0.29, 0.717) is 6.04 Å². The van der Waals surface area contributed by atoms with Crippen LogP contribution in [0.4, 0.5) is 0 Å². The van der Waals surface area contributed by atoms with E-state index in [1.165, 1.54) is 55.1 Å². The van der Waals surface area contributed by atoms with E-state index in [-0.39, 0.29) is 0 Å². The van der Waals surface area contributed by atoms with Crippen LogP contribution in [-0.4, -0.2) is 42.9 Å². The normalized spacial score (nSPS) is 19.4. The van der Waals surface area contributed by atoms with Crippen LogP contribution < -0.4 is 5.32 Å². The third kappa shape index (κ3) is 5.47. The zero-order chi connectivity index (χ0) is 14.2. The molecule has 2 nitrogen and oxygen atoms in total. The Morgan fingerprint density at radius 2 is 2.05 bits per heavy atom. The Morgan fingerprint density at radius 1 is 1.25 bits per heavy atom. The fourth-order valence-electron chi connectivity index (χ4n) is 2.70. The summed E-state index contributed by atoms with van der Waals surface area (Å²) in [4.78, 5) is 3.98. The molecule has 0 aliphatic carbocycles. The number of thioether (sulfide) groups is 1. The number of benzene rings is 1. The number of likely N-dealkylation sites (N-methyl/N-ethyl adjacent to an activating group) is 1. The molecule has 1 heterocycles. The van der Waals surface area contributed by atoms with Gasteiger partial charge in [-0.2, -0.15) is 0 Å². The molecule has 3 heteroatoms. The molecule has 1 unspecified atom stereocenters. The molecule has 0 aromatic heterocycles. The number of hydrogen-bond acceptors (Lipinski definition) is 3. The topological polar surface area (TPSA) is 15.3 Å². The highest BCUT2D eigenvalue weighted by Crippen LogP contribution is 2.18. The second-order valence-corrected chi connectivity index (χ2v) is 6.87. The van der Waals surface area contributed by atoms with Crippen LogP contribution in [0.1, 0.15) is 31.7 Å². The van der Waals surface area contributed by atoms with Crippen molar-refractivity contribution in [2.75, 3.05) is 31.9 Å². The van der Waals surface area contributed by atoms with E-state index in [0.717, 1.165) is 6.54 Å². The van der Waals surface area contributed by atoms with E-state index in [4.69, 9.17) is 0 Å². The van der Waals surface area contributed by atoms with Gasteiger partial charge in [-0.3, -0.25) is 0 Å². The predicted octanol–water partition coefficient (Wildman–Crippen LogP) is 3.55. The van der Waals surface area contributed by atoms with Gasteiger partial charge in [0.1, 0.15) is 0 Å². The van der Waals surface area contributed by atoms with Crippen LogP contribution in [0.25, 0.3) is 0 Å². The number of piperidine rings is 1. The van der Waals surface area contributed by atoms with Gasteiger partial charge in [-0.15, -0.1) is 11.8 Å². The van der Waals surface area contributed by atoms with Gasteiger partial charge < -0.3 is 10.2 Å². The third-order valence-corrected chi connectivity index (χ3v) is 5.03. The average Bonchev–Trinajstić information content (AvgIpc) is 2.49. The Labute approximate surface area is 128 Å². The van der Waals surface area contributed by atoms with Gasteiger partial charge >= 0.3 is 0 Å². The van der Waals surface area contributed by atoms with Crippen LogP contribution in [0.2, 0.25) is 0 Å². The monoisotopic (exact) mass is 292 g/mol. The molecule has 112 valence electrons. The van der Waals surface area contributed by atoms with Crippen molar-refractivity contribution in [3.63, 3.8) is 0 Å². The van der Waals surface area contributed by atoms with Gasteiger partial charge in [0.25, 0.3) is 0 Å². The molecular formula is C17H28N2S. The van der Waals surface area contributed by atoms with E-state index in [1.807, 2.05) is 11.8 Å². The highest BCUT2D eigenvalue weighted by Gasteiger charge is 2.15. The number of aryl methyl sites for hydroxylation is 1. The summed E-state index contributed by atoms with van der Waals surface area (Å²) < 4.78 is 0. The van der Waals surface area contributed by atoms with Crippen LogP contribution in [0, 0.1) is 6.92 Å². The first-order valence-electron chi connectivity index (χ1n) is 7.93. The summed E-state index contributed by atoms with van der Waals surface area (Å²) in [7, 11) is 0. The standard InChI is InChI=1S/C17H28N2S/c1-3-19(14-16-6-4-5-11-18-16)12-13-20-17-9-7-15(2)8-10-17/h7-10,16,18H,3-6,11-14H2,1-2H3. The van der Waals surface area contributed by atoms with E-state index >= 15 is 0 Å². The maximum atomic E-state index is 3.65. The Hall–Kier alpha value is -0.510. The van der Waals surface area contributed by atoms with Gasteiger partial charge in [-0.05, 0) is 45.0 Å². The molecular weight excluding hydrogens is 264 g/mol. The van der Waals surface area contributed by atoms with E-state index in [2.05, 4.69) is 48.3 Å². The zero-order valence-electron chi connectivity index (χ0n) is 12.9. The minimum Gasteiger partial charge on any atom is -0.313 e. The molecule has 1 aliphatic rings. The van der Waals surface area contributed by atoms with Gasteiger partial charge in [0.2, 0.25) is 0 Å². The molecule has 0 spiro atoms. The van der Waals surface area contributed by atoms with Gasteiger partial charge in [0.05, 0.1) is 0 Å². The smallest absolute Gasteiger partial charge is 0.0195 e. The Balaban J connectivity index is 1.68. The highest BCUT2D eigenvalue weighted by atomic mass is 32.2. The van der Waals surface area contributed by atoms with Crippen LogP contribution in [0.15, 0.2) is 29.2 Å². The summed E-state index contributed by atoms with van der Waals surface area (Å²) in [6, 6.07) is 9.59. The lowest BCUT2D eigenvalue weighted by atomic mass is 10.0. The van der Waals surface area contributed by atoms with Crippen molar-refractivity contribution in [3.05, 3.63) is 29.8 Å². The highest BCUT2D eigenvalue weighted by molar-refractivity contribution is 7.99. The van der Waals surface area contributed by atoms with E-state index < -0.39 is 0 Å². The molecule has 1 saturated heterocycles. The third-order valence-electron chi connectivity index (χ3n) is 4.04. The maximum absolute atomic E-state index is 3.65. The minimum atomic E-state index is 0.716. The fraction of sp³-hybridized carbons (Fsp3) is 0.647. The quantitative estimate of drug-likeness (QED) is 0.774. The molecule has 20 heavy (non-hydrogen) atoms. The fourth-order valence-corrected chi connectivity index (χ4v) is 3.61. The summed E-state index contributed by atoms with van der Waals surface area (Å²) in [5.41, 5.74) is 1.34. The first-order chi connectivity index (χ1) is 9.78. The van der Waals surface area contributed by atoms with Crippen molar-refractivity contribution < 1.29 is 0 Å². The predicted molar refractivity (Wildman–Crippen MR) is 89.7 cm³/mol. The lowest BCUT2D eigenvalue weighted by Gasteiger charge is -2.29. The Kier molecular flexibility index (Phi) is 6.91. The summed E-state index contributed by atoms with van der Waals surface area (Å²) in [5.74, 6) is 1.18. The molecule has 1 fully saturated rings. The van der Waals surface area contributed by atoms with Crippen LogP contribution >= 0.6 is 11.8 Å². The molecule has 1 atom stereocenters. The molecule has 2 rings (SSSR count). The van der Waals surface area contributed by atoms with Gasteiger partial charge in [0.15, 0.2) is 0 Å². The summed E-state index contributed by atoms with van der Waals surface area (Å²) >= 11 is 1.97.